The van der Waals surface area contributed by atoms with E-state index in [1.54, 1.807) is 0 Å². The van der Waals surface area contributed by atoms with Crippen molar-refractivity contribution < 1.29 is 4.74 Å². The molecule has 1 atom stereocenters. The molecule has 0 saturated carbocycles. The minimum absolute atomic E-state index is 0.576. The van der Waals surface area contributed by atoms with Crippen LogP contribution >= 0.6 is 15.9 Å². The van der Waals surface area contributed by atoms with Gasteiger partial charge >= 0.3 is 0 Å². The quantitative estimate of drug-likeness (QED) is 0.904. The van der Waals surface area contributed by atoms with Crippen LogP contribution in [0.5, 0.6) is 0 Å². The number of ether oxygens (including phenoxy) is 1. The maximum atomic E-state index is 5.88. The zero-order valence-electron chi connectivity index (χ0n) is 11.6. The molecule has 1 saturated heterocycles. The first-order chi connectivity index (χ1) is 9.20. The third-order valence-electron chi connectivity index (χ3n) is 3.84. The summed E-state index contributed by atoms with van der Waals surface area (Å²) in [5.74, 6) is 0. The Labute approximate surface area is 124 Å². The molecule has 2 rings (SSSR count). The lowest BCUT2D eigenvalue weighted by atomic mass is 10.0. The van der Waals surface area contributed by atoms with Crippen molar-refractivity contribution in [1.29, 1.82) is 0 Å². The molecule has 1 heterocycles. The van der Waals surface area contributed by atoms with E-state index in [9.17, 15) is 0 Å². The first kappa shape index (κ1) is 15.0. The second-order valence-corrected chi connectivity index (χ2v) is 6.13. The van der Waals surface area contributed by atoms with E-state index in [1.165, 1.54) is 31.4 Å². The highest BCUT2D eigenvalue weighted by atomic mass is 79.9. The second-order valence-electron chi connectivity index (χ2n) is 5.28. The van der Waals surface area contributed by atoms with Crippen molar-refractivity contribution in [2.24, 2.45) is 5.73 Å². The fourth-order valence-electron chi connectivity index (χ4n) is 2.49. The standard InChI is InChI=1S/C15H23BrN2O/c1-18-7-3-2-4-14(18)11-19-10-13-6-5-12(9-17)8-15(13)16/h5-6,8,14H,2-4,7,9-11,17H2,1H3. The summed E-state index contributed by atoms with van der Waals surface area (Å²) in [7, 11) is 2.19. The van der Waals surface area contributed by atoms with Crippen LogP contribution in [0.25, 0.3) is 0 Å². The molecular formula is C15H23BrN2O. The summed E-state index contributed by atoms with van der Waals surface area (Å²) in [5.41, 5.74) is 7.96. The van der Waals surface area contributed by atoms with E-state index in [-0.39, 0.29) is 0 Å². The monoisotopic (exact) mass is 326 g/mol. The van der Waals surface area contributed by atoms with Crippen LogP contribution in [0.3, 0.4) is 0 Å². The van der Waals surface area contributed by atoms with Crippen molar-refractivity contribution in [3.05, 3.63) is 33.8 Å². The Morgan fingerprint density at radius 2 is 2.26 bits per heavy atom. The number of rotatable bonds is 5. The Balaban J connectivity index is 1.82. The summed E-state index contributed by atoms with van der Waals surface area (Å²) in [6.45, 7) is 3.26. The molecule has 0 amide bonds. The Morgan fingerprint density at radius 3 is 2.95 bits per heavy atom. The van der Waals surface area contributed by atoms with Gasteiger partial charge in [-0.15, -0.1) is 0 Å². The Morgan fingerprint density at radius 1 is 1.42 bits per heavy atom. The molecule has 0 radical (unpaired) electrons. The fraction of sp³-hybridized carbons (Fsp3) is 0.600. The number of hydrogen-bond acceptors (Lipinski definition) is 3. The van der Waals surface area contributed by atoms with E-state index in [0.717, 1.165) is 16.6 Å². The van der Waals surface area contributed by atoms with Gasteiger partial charge in [-0.05, 0) is 43.6 Å². The zero-order valence-corrected chi connectivity index (χ0v) is 13.2. The topological polar surface area (TPSA) is 38.5 Å². The number of nitrogens with zero attached hydrogens (tertiary/aromatic N) is 1. The van der Waals surface area contributed by atoms with Gasteiger partial charge in [-0.1, -0.05) is 34.5 Å². The van der Waals surface area contributed by atoms with Crippen LogP contribution in [0, 0.1) is 0 Å². The van der Waals surface area contributed by atoms with Crippen LogP contribution in [-0.2, 0) is 17.9 Å². The van der Waals surface area contributed by atoms with Crippen molar-refractivity contribution in [3.63, 3.8) is 0 Å². The van der Waals surface area contributed by atoms with Gasteiger partial charge in [-0.3, -0.25) is 0 Å². The molecule has 0 aliphatic carbocycles. The van der Waals surface area contributed by atoms with E-state index in [1.807, 2.05) is 0 Å². The molecule has 1 aromatic rings. The molecule has 106 valence electrons. The molecule has 1 unspecified atom stereocenters. The molecule has 0 spiro atoms. The van der Waals surface area contributed by atoms with Gasteiger partial charge in [0.1, 0.15) is 0 Å². The first-order valence-electron chi connectivity index (χ1n) is 6.96. The molecule has 19 heavy (non-hydrogen) atoms. The van der Waals surface area contributed by atoms with Crippen LogP contribution in [0.4, 0.5) is 0 Å². The average molecular weight is 327 g/mol. The van der Waals surface area contributed by atoms with E-state index in [0.29, 0.717) is 19.2 Å². The SMILES string of the molecule is CN1CCCCC1COCc1ccc(CN)cc1Br. The summed E-state index contributed by atoms with van der Waals surface area (Å²) in [4.78, 5) is 2.41. The van der Waals surface area contributed by atoms with Gasteiger partial charge in [-0.2, -0.15) is 0 Å². The van der Waals surface area contributed by atoms with Gasteiger partial charge in [-0.25, -0.2) is 0 Å². The molecule has 1 aliphatic heterocycles. The largest absolute Gasteiger partial charge is 0.375 e. The van der Waals surface area contributed by atoms with Gasteiger partial charge in [0.2, 0.25) is 0 Å². The van der Waals surface area contributed by atoms with Gasteiger partial charge in [0.25, 0.3) is 0 Å². The van der Waals surface area contributed by atoms with Crippen LogP contribution in [-0.4, -0.2) is 31.1 Å². The Hall–Kier alpha value is -0.420. The molecular weight excluding hydrogens is 304 g/mol. The molecule has 2 N–H and O–H groups in total. The molecule has 0 bridgehead atoms. The van der Waals surface area contributed by atoms with Crippen molar-refractivity contribution >= 4 is 15.9 Å². The van der Waals surface area contributed by atoms with Crippen LogP contribution in [0.15, 0.2) is 22.7 Å². The minimum atomic E-state index is 0.576. The fourth-order valence-corrected chi connectivity index (χ4v) is 3.04. The third-order valence-corrected chi connectivity index (χ3v) is 4.58. The molecule has 0 aromatic heterocycles. The maximum absolute atomic E-state index is 5.88. The second kappa shape index (κ2) is 7.39. The Kier molecular flexibility index (Phi) is 5.82. The van der Waals surface area contributed by atoms with E-state index < -0.39 is 0 Å². The summed E-state index contributed by atoms with van der Waals surface area (Å²) in [5, 5.41) is 0. The first-order valence-corrected chi connectivity index (χ1v) is 7.75. The van der Waals surface area contributed by atoms with Crippen molar-refractivity contribution in [2.75, 3.05) is 20.2 Å². The zero-order chi connectivity index (χ0) is 13.7. The highest BCUT2D eigenvalue weighted by Gasteiger charge is 2.18. The van der Waals surface area contributed by atoms with E-state index in [2.05, 4.69) is 46.1 Å². The number of hydrogen-bond donors (Lipinski definition) is 1. The van der Waals surface area contributed by atoms with Crippen molar-refractivity contribution in [1.82, 2.24) is 4.90 Å². The Bertz CT molecular complexity index is 411. The highest BCUT2D eigenvalue weighted by molar-refractivity contribution is 9.10. The molecule has 1 aromatic carbocycles. The maximum Gasteiger partial charge on any atom is 0.0728 e. The smallest absolute Gasteiger partial charge is 0.0728 e. The number of likely N-dealkylation sites (tertiary alicyclic amines) is 1. The predicted molar refractivity (Wildman–Crippen MR) is 82.0 cm³/mol. The lowest BCUT2D eigenvalue weighted by Gasteiger charge is -2.32. The number of piperidine rings is 1. The van der Waals surface area contributed by atoms with Gasteiger partial charge in [0, 0.05) is 17.1 Å². The van der Waals surface area contributed by atoms with Crippen LogP contribution in [0.2, 0.25) is 0 Å². The lowest BCUT2D eigenvalue weighted by molar-refractivity contribution is 0.0442. The van der Waals surface area contributed by atoms with Gasteiger partial charge in [0.05, 0.1) is 13.2 Å². The number of benzene rings is 1. The summed E-state index contributed by atoms with van der Waals surface area (Å²) in [6.07, 6.45) is 3.90. The van der Waals surface area contributed by atoms with Gasteiger partial charge < -0.3 is 15.4 Å². The summed E-state index contributed by atoms with van der Waals surface area (Å²) < 4.78 is 6.97. The lowest BCUT2D eigenvalue weighted by Crippen LogP contribution is -2.39. The predicted octanol–water partition coefficient (Wildman–Crippen LogP) is 2.91. The molecule has 1 fully saturated rings. The number of halogens is 1. The molecule has 1 aliphatic rings. The normalized spacial score (nSPS) is 20.7. The average Bonchev–Trinajstić information content (AvgIpc) is 2.42. The van der Waals surface area contributed by atoms with Crippen LogP contribution < -0.4 is 5.73 Å². The third kappa shape index (κ3) is 4.28. The summed E-state index contributed by atoms with van der Waals surface area (Å²) >= 11 is 3.58. The van der Waals surface area contributed by atoms with E-state index in [4.69, 9.17) is 10.5 Å². The highest BCUT2D eigenvalue weighted by Crippen LogP contribution is 2.20. The van der Waals surface area contributed by atoms with Gasteiger partial charge in [0.15, 0.2) is 0 Å². The van der Waals surface area contributed by atoms with Crippen LogP contribution in [0.1, 0.15) is 30.4 Å². The van der Waals surface area contributed by atoms with E-state index >= 15 is 0 Å². The summed E-state index contributed by atoms with van der Waals surface area (Å²) in [6, 6.07) is 6.81. The molecule has 3 nitrogen and oxygen atoms in total. The van der Waals surface area contributed by atoms with Crippen molar-refractivity contribution in [2.45, 2.75) is 38.5 Å². The number of nitrogens with two attached hydrogens (primary N) is 1. The molecule has 4 heteroatoms. The van der Waals surface area contributed by atoms with Crippen molar-refractivity contribution in [3.8, 4) is 0 Å². The number of likely N-dealkylation sites (N-methyl/N-ethyl adjacent to an activating group) is 1. The minimum Gasteiger partial charge on any atom is -0.375 e.